The van der Waals surface area contributed by atoms with Gasteiger partial charge in [0.2, 0.25) is 0 Å². The molecule has 104 valence electrons. The minimum Gasteiger partial charge on any atom is -0.497 e. The van der Waals surface area contributed by atoms with E-state index in [2.05, 4.69) is 20.9 Å². The molecule has 1 aromatic carbocycles. The Morgan fingerprint density at radius 2 is 1.95 bits per heavy atom. The molecular formula is C15H15BrN2O2. The standard InChI is InChI=1S/C15H15BrN2O2/c1-10-8-12(16)9-17-14(10)18(2)15(19)11-4-6-13(20-3)7-5-11/h4-9H,1-3H3. The zero-order valence-corrected chi connectivity index (χ0v) is 13.1. The van der Waals surface area contributed by atoms with E-state index in [1.54, 1.807) is 49.5 Å². The lowest BCUT2D eigenvalue weighted by Gasteiger charge is -2.18. The van der Waals surface area contributed by atoms with Gasteiger partial charge in [-0.25, -0.2) is 4.98 Å². The minimum absolute atomic E-state index is 0.106. The maximum Gasteiger partial charge on any atom is 0.259 e. The number of ether oxygens (including phenoxy) is 1. The lowest BCUT2D eigenvalue weighted by molar-refractivity contribution is 0.0992. The quantitative estimate of drug-likeness (QED) is 0.863. The number of benzene rings is 1. The molecule has 5 heteroatoms. The molecule has 0 unspecified atom stereocenters. The van der Waals surface area contributed by atoms with Crippen LogP contribution in [0.15, 0.2) is 41.0 Å². The van der Waals surface area contributed by atoms with E-state index in [-0.39, 0.29) is 5.91 Å². The Morgan fingerprint density at radius 3 is 2.50 bits per heavy atom. The van der Waals surface area contributed by atoms with Crippen LogP contribution in [0.2, 0.25) is 0 Å². The van der Waals surface area contributed by atoms with Gasteiger partial charge in [-0.15, -0.1) is 0 Å². The number of methoxy groups -OCH3 is 1. The van der Waals surface area contributed by atoms with Crippen molar-refractivity contribution in [3.05, 3.63) is 52.1 Å². The summed E-state index contributed by atoms with van der Waals surface area (Å²) in [5.74, 6) is 1.27. The average Bonchev–Trinajstić information content (AvgIpc) is 2.46. The zero-order valence-electron chi connectivity index (χ0n) is 11.6. The molecule has 2 aromatic rings. The number of hydrogen-bond donors (Lipinski definition) is 0. The number of anilines is 1. The van der Waals surface area contributed by atoms with Gasteiger partial charge in [-0.2, -0.15) is 0 Å². The van der Waals surface area contributed by atoms with E-state index in [4.69, 9.17) is 4.74 Å². The van der Waals surface area contributed by atoms with Crippen molar-refractivity contribution in [3.63, 3.8) is 0 Å². The Labute approximate surface area is 126 Å². The van der Waals surface area contributed by atoms with Crippen LogP contribution in [0.25, 0.3) is 0 Å². The van der Waals surface area contributed by atoms with Gasteiger partial charge in [0, 0.05) is 23.3 Å². The third kappa shape index (κ3) is 2.99. The summed E-state index contributed by atoms with van der Waals surface area (Å²) in [5, 5.41) is 0. The monoisotopic (exact) mass is 334 g/mol. The Kier molecular flexibility index (Phi) is 4.39. The largest absolute Gasteiger partial charge is 0.497 e. The highest BCUT2D eigenvalue weighted by Crippen LogP contribution is 2.21. The van der Waals surface area contributed by atoms with Gasteiger partial charge in [-0.1, -0.05) is 0 Å². The molecule has 0 saturated heterocycles. The number of amides is 1. The van der Waals surface area contributed by atoms with Gasteiger partial charge in [0.25, 0.3) is 5.91 Å². The van der Waals surface area contributed by atoms with Gasteiger partial charge >= 0.3 is 0 Å². The first-order valence-corrected chi connectivity index (χ1v) is 6.86. The molecule has 0 N–H and O–H groups in total. The van der Waals surface area contributed by atoms with Crippen molar-refractivity contribution in [2.75, 3.05) is 19.1 Å². The fourth-order valence-electron chi connectivity index (χ4n) is 1.91. The molecule has 2 rings (SSSR count). The summed E-state index contributed by atoms with van der Waals surface area (Å²) in [6.45, 7) is 1.92. The summed E-state index contributed by atoms with van der Waals surface area (Å²) in [5.41, 5.74) is 1.53. The van der Waals surface area contributed by atoms with E-state index in [1.807, 2.05) is 13.0 Å². The van der Waals surface area contributed by atoms with E-state index in [9.17, 15) is 4.79 Å². The van der Waals surface area contributed by atoms with Crippen molar-refractivity contribution >= 4 is 27.7 Å². The molecule has 0 atom stereocenters. The molecule has 0 bridgehead atoms. The molecule has 0 aliphatic carbocycles. The topological polar surface area (TPSA) is 42.4 Å². The predicted octanol–water partition coefficient (Wildman–Crippen LogP) is 3.44. The van der Waals surface area contributed by atoms with Crippen LogP contribution in [0.1, 0.15) is 15.9 Å². The highest BCUT2D eigenvalue weighted by atomic mass is 79.9. The Morgan fingerprint density at radius 1 is 1.30 bits per heavy atom. The fourth-order valence-corrected chi connectivity index (χ4v) is 2.35. The van der Waals surface area contributed by atoms with Gasteiger partial charge in [-0.3, -0.25) is 9.69 Å². The molecule has 1 amide bonds. The first-order chi connectivity index (χ1) is 9.52. The summed E-state index contributed by atoms with van der Waals surface area (Å²) in [6.07, 6.45) is 1.68. The summed E-state index contributed by atoms with van der Waals surface area (Å²) in [7, 11) is 3.31. The third-order valence-corrected chi connectivity index (χ3v) is 3.41. The van der Waals surface area contributed by atoms with Crippen LogP contribution in [-0.4, -0.2) is 25.0 Å². The molecule has 4 nitrogen and oxygen atoms in total. The van der Waals surface area contributed by atoms with Crippen LogP contribution in [0.3, 0.4) is 0 Å². The van der Waals surface area contributed by atoms with Gasteiger partial charge in [-0.05, 0) is 58.7 Å². The zero-order chi connectivity index (χ0) is 14.7. The number of pyridine rings is 1. The smallest absolute Gasteiger partial charge is 0.259 e. The van der Waals surface area contributed by atoms with Crippen LogP contribution < -0.4 is 9.64 Å². The molecule has 0 radical (unpaired) electrons. The van der Waals surface area contributed by atoms with Gasteiger partial charge < -0.3 is 4.74 Å². The van der Waals surface area contributed by atoms with E-state index in [0.717, 1.165) is 15.8 Å². The molecule has 0 spiro atoms. The highest BCUT2D eigenvalue weighted by molar-refractivity contribution is 9.10. The number of nitrogens with zero attached hydrogens (tertiary/aromatic N) is 2. The number of halogens is 1. The van der Waals surface area contributed by atoms with Crippen LogP contribution in [-0.2, 0) is 0 Å². The van der Waals surface area contributed by atoms with E-state index < -0.39 is 0 Å². The normalized spacial score (nSPS) is 10.2. The number of hydrogen-bond acceptors (Lipinski definition) is 3. The summed E-state index contributed by atoms with van der Waals surface area (Å²) in [4.78, 5) is 18.3. The maximum absolute atomic E-state index is 12.4. The predicted molar refractivity (Wildman–Crippen MR) is 82.4 cm³/mol. The van der Waals surface area contributed by atoms with Crippen molar-refractivity contribution in [2.45, 2.75) is 6.92 Å². The Hall–Kier alpha value is -1.88. The van der Waals surface area contributed by atoms with E-state index in [1.165, 1.54) is 0 Å². The second kappa shape index (κ2) is 6.05. The number of aromatic nitrogens is 1. The van der Waals surface area contributed by atoms with Crippen LogP contribution in [0, 0.1) is 6.92 Å². The molecule has 20 heavy (non-hydrogen) atoms. The maximum atomic E-state index is 12.4. The summed E-state index contributed by atoms with van der Waals surface area (Å²) < 4.78 is 5.98. The van der Waals surface area contributed by atoms with Crippen molar-refractivity contribution in [1.29, 1.82) is 0 Å². The minimum atomic E-state index is -0.106. The molecular weight excluding hydrogens is 320 g/mol. The first kappa shape index (κ1) is 14.5. The Bertz CT molecular complexity index is 626. The molecule has 0 aliphatic rings. The van der Waals surface area contributed by atoms with Crippen LogP contribution >= 0.6 is 15.9 Å². The average molecular weight is 335 g/mol. The fraction of sp³-hybridized carbons (Fsp3) is 0.200. The third-order valence-electron chi connectivity index (χ3n) is 2.98. The second-order valence-electron chi connectivity index (χ2n) is 4.39. The summed E-state index contributed by atoms with van der Waals surface area (Å²) in [6, 6.07) is 8.95. The van der Waals surface area contributed by atoms with Crippen molar-refractivity contribution < 1.29 is 9.53 Å². The first-order valence-electron chi connectivity index (χ1n) is 6.07. The number of rotatable bonds is 3. The van der Waals surface area contributed by atoms with Gasteiger partial charge in [0.05, 0.1) is 7.11 Å². The lowest BCUT2D eigenvalue weighted by atomic mass is 10.2. The molecule has 0 saturated carbocycles. The van der Waals surface area contributed by atoms with Crippen LogP contribution in [0.4, 0.5) is 5.82 Å². The number of carbonyl (C=O) groups excluding carboxylic acids is 1. The lowest BCUT2D eigenvalue weighted by Crippen LogP contribution is -2.27. The van der Waals surface area contributed by atoms with Crippen molar-refractivity contribution in [1.82, 2.24) is 4.98 Å². The number of carbonyl (C=O) groups is 1. The highest BCUT2D eigenvalue weighted by Gasteiger charge is 2.16. The van der Waals surface area contributed by atoms with Crippen molar-refractivity contribution in [3.8, 4) is 5.75 Å². The summed E-state index contributed by atoms with van der Waals surface area (Å²) >= 11 is 3.36. The van der Waals surface area contributed by atoms with Crippen LogP contribution in [0.5, 0.6) is 5.75 Å². The van der Waals surface area contributed by atoms with Crippen molar-refractivity contribution in [2.24, 2.45) is 0 Å². The molecule has 1 heterocycles. The molecule has 0 aliphatic heterocycles. The molecule has 1 aromatic heterocycles. The number of aryl methyl sites for hydroxylation is 1. The van der Waals surface area contributed by atoms with E-state index in [0.29, 0.717) is 11.4 Å². The van der Waals surface area contributed by atoms with Gasteiger partial charge in [0.15, 0.2) is 0 Å². The molecule has 0 fully saturated rings. The Balaban J connectivity index is 2.27. The SMILES string of the molecule is COc1ccc(C(=O)N(C)c2ncc(Br)cc2C)cc1. The van der Waals surface area contributed by atoms with Gasteiger partial charge in [0.1, 0.15) is 11.6 Å². The second-order valence-corrected chi connectivity index (χ2v) is 5.30. The van der Waals surface area contributed by atoms with E-state index >= 15 is 0 Å².